The summed E-state index contributed by atoms with van der Waals surface area (Å²) in [5, 5.41) is 15.0. The van der Waals surface area contributed by atoms with Crippen LogP contribution in [0, 0.1) is 5.41 Å². The van der Waals surface area contributed by atoms with Gasteiger partial charge in [0.2, 0.25) is 0 Å². The van der Waals surface area contributed by atoms with Crippen LogP contribution in [-0.4, -0.2) is 24.1 Å². The van der Waals surface area contributed by atoms with Gasteiger partial charge in [0.1, 0.15) is 5.84 Å². The largest absolute Gasteiger partial charge is 0.409 e. The topological polar surface area (TPSA) is 70.6 Å². The van der Waals surface area contributed by atoms with E-state index in [1.807, 2.05) is 20.8 Å². The number of oxime groups is 1. The minimum atomic E-state index is -0.222. The Morgan fingerprint density at radius 1 is 1.44 bits per heavy atom. The fraction of sp³-hybridized carbons (Fsp3) is 0.750. The van der Waals surface area contributed by atoms with Crippen LogP contribution < -0.4 is 11.1 Å². The normalized spacial score (nSPS) is 13.6. The van der Waals surface area contributed by atoms with E-state index in [9.17, 15) is 0 Å². The predicted molar refractivity (Wildman–Crippen MR) is 68.7 cm³/mol. The van der Waals surface area contributed by atoms with Gasteiger partial charge in [-0.1, -0.05) is 31.2 Å². The smallest absolute Gasteiger partial charge is 0.144 e. The molecule has 0 spiro atoms. The van der Waals surface area contributed by atoms with Crippen molar-refractivity contribution in [1.82, 2.24) is 5.32 Å². The van der Waals surface area contributed by atoms with Crippen molar-refractivity contribution in [3.05, 3.63) is 12.2 Å². The zero-order valence-corrected chi connectivity index (χ0v) is 10.7. The summed E-state index contributed by atoms with van der Waals surface area (Å²) in [5.41, 5.74) is 5.38. The predicted octanol–water partition coefficient (Wildman–Crippen LogP) is 2.10. The Bertz CT molecular complexity index is 234. The molecule has 0 saturated heterocycles. The number of hydrogen-bond donors (Lipinski definition) is 3. The lowest BCUT2D eigenvalue weighted by Gasteiger charge is -2.22. The highest BCUT2D eigenvalue weighted by Crippen LogP contribution is 2.21. The molecule has 0 amide bonds. The Morgan fingerprint density at radius 2 is 2.12 bits per heavy atom. The molecule has 0 aromatic carbocycles. The molecule has 0 atom stereocenters. The van der Waals surface area contributed by atoms with Crippen molar-refractivity contribution in [3.8, 4) is 0 Å². The molecule has 0 saturated carbocycles. The van der Waals surface area contributed by atoms with E-state index in [2.05, 4.69) is 22.6 Å². The maximum atomic E-state index is 8.61. The van der Waals surface area contributed by atoms with Crippen molar-refractivity contribution >= 4 is 5.84 Å². The first-order chi connectivity index (χ1) is 7.54. The highest BCUT2D eigenvalue weighted by atomic mass is 16.4. The SMILES string of the molecule is C/C=C/CCNCCCC(C)(C)/C(N)=N/O. The molecule has 4 N–H and O–H groups in total. The van der Waals surface area contributed by atoms with Gasteiger partial charge in [-0.2, -0.15) is 0 Å². The van der Waals surface area contributed by atoms with Crippen LogP contribution in [0.4, 0.5) is 0 Å². The number of rotatable bonds is 8. The van der Waals surface area contributed by atoms with Crippen molar-refractivity contribution in [3.63, 3.8) is 0 Å². The van der Waals surface area contributed by atoms with Crippen LogP contribution in [-0.2, 0) is 0 Å². The molecule has 0 bridgehead atoms. The molecule has 0 aromatic rings. The molecule has 0 aliphatic rings. The van der Waals surface area contributed by atoms with Crippen LogP contribution in [0.15, 0.2) is 17.3 Å². The Labute approximate surface area is 98.6 Å². The molecule has 0 aliphatic carbocycles. The standard InChI is InChI=1S/C12H25N3O/c1-4-5-6-9-14-10-7-8-12(2,3)11(13)15-16/h4-5,14,16H,6-10H2,1-3H3,(H2,13,15)/b5-4+. The monoisotopic (exact) mass is 227 g/mol. The molecule has 0 radical (unpaired) electrons. The second-order valence-corrected chi connectivity index (χ2v) is 4.58. The van der Waals surface area contributed by atoms with Gasteiger partial charge in [-0.25, -0.2) is 0 Å². The van der Waals surface area contributed by atoms with E-state index in [1.165, 1.54) is 0 Å². The molecule has 0 rings (SSSR count). The molecular formula is C12H25N3O. The van der Waals surface area contributed by atoms with Gasteiger partial charge in [0, 0.05) is 5.41 Å². The Kier molecular flexibility index (Phi) is 7.64. The van der Waals surface area contributed by atoms with Gasteiger partial charge in [0.25, 0.3) is 0 Å². The molecule has 16 heavy (non-hydrogen) atoms. The van der Waals surface area contributed by atoms with E-state index in [1.54, 1.807) is 0 Å². The summed E-state index contributed by atoms with van der Waals surface area (Å²) in [6.45, 7) is 7.98. The number of nitrogens with two attached hydrogens (primary N) is 1. The lowest BCUT2D eigenvalue weighted by atomic mass is 9.86. The van der Waals surface area contributed by atoms with Crippen molar-refractivity contribution in [2.24, 2.45) is 16.3 Å². The average Bonchev–Trinajstić information content (AvgIpc) is 2.26. The number of allylic oxidation sites excluding steroid dienone is 1. The first-order valence-electron chi connectivity index (χ1n) is 5.84. The van der Waals surface area contributed by atoms with Crippen molar-refractivity contribution < 1.29 is 5.21 Å². The molecule has 0 aliphatic heterocycles. The fourth-order valence-corrected chi connectivity index (χ4v) is 1.40. The summed E-state index contributed by atoms with van der Waals surface area (Å²) in [4.78, 5) is 0. The third-order valence-corrected chi connectivity index (χ3v) is 2.68. The van der Waals surface area contributed by atoms with E-state index >= 15 is 0 Å². The van der Waals surface area contributed by atoms with Crippen molar-refractivity contribution in [2.45, 2.75) is 40.0 Å². The first-order valence-corrected chi connectivity index (χ1v) is 5.84. The van der Waals surface area contributed by atoms with E-state index in [0.29, 0.717) is 5.84 Å². The van der Waals surface area contributed by atoms with Gasteiger partial charge in [-0.05, 0) is 39.3 Å². The lowest BCUT2D eigenvalue weighted by Crippen LogP contribution is -2.32. The first kappa shape index (κ1) is 15.0. The van der Waals surface area contributed by atoms with E-state index in [0.717, 1.165) is 32.4 Å². The van der Waals surface area contributed by atoms with Gasteiger partial charge >= 0.3 is 0 Å². The highest BCUT2D eigenvalue weighted by molar-refractivity contribution is 5.85. The molecule has 0 aromatic heterocycles. The highest BCUT2D eigenvalue weighted by Gasteiger charge is 2.22. The van der Waals surface area contributed by atoms with Crippen LogP contribution in [0.25, 0.3) is 0 Å². The molecule has 4 nitrogen and oxygen atoms in total. The summed E-state index contributed by atoms with van der Waals surface area (Å²) in [6.07, 6.45) is 7.22. The molecular weight excluding hydrogens is 202 g/mol. The maximum absolute atomic E-state index is 8.61. The Balaban J connectivity index is 3.58. The van der Waals surface area contributed by atoms with Gasteiger partial charge in [-0.3, -0.25) is 0 Å². The van der Waals surface area contributed by atoms with E-state index < -0.39 is 0 Å². The number of nitrogens with zero attached hydrogens (tertiary/aromatic N) is 1. The molecule has 0 fully saturated rings. The zero-order chi connectivity index (χ0) is 12.4. The summed E-state index contributed by atoms with van der Waals surface area (Å²) in [7, 11) is 0. The summed E-state index contributed by atoms with van der Waals surface area (Å²) in [6, 6.07) is 0. The second kappa shape index (κ2) is 8.16. The third kappa shape index (κ3) is 6.45. The van der Waals surface area contributed by atoms with Crippen molar-refractivity contribution in [1.29, 1.82) is 0 Å². The number of amidine groups is 1. The van der Waals surface area contributed by atoms with E-state index in [-0.39, 0.29) is 5.41 Å². The van der Waals surface area contributed by atoms with Crippen LogP contribution >= 0.6 is 0 Å². The van der Waals surface area contributed by atoms with Crippen LogP contribution in [0.1, 0.15) is 40.0 Å². The number of hydrogen-bond acceptors (Lipinski definition) is 3. The van der Waals surface area contributed by atoms with Crippen LogP contribution in [0.3, 0.4) is 0 Å². The quantitative estimate of drug-likeness (QED) is 0.148. The van der Waals surface area contributed by atoms with Gasteiger partial charge in [0.05, 0.1) is 0 Å². The lowest BCUT2D eigenvalue weighted by molar-refractivity contribution is 0.304. The fourth-order valence-electron chi connectivity index (χ4n) is 1.40. The second-order valence-electron chi connectivity index (χ2n) is 4.58. The third-order valence-electron chi connectivity index (χ3n) is 2.68. The summed E-state index contributed by atoms with van der Waals surface area (Å²) < 4.78 is 0. The summed E-state index contributed by atoms with van der Waals surface area (Å²) >= 11 is 0. The van der Waals surface area contributed by atoms with Crippen molar-refractivity contribution in [2.75, 3.05) is 13.1 Å². The average molecular weight is 227 g/mol. The minimum Gasteiger partial charge on any atom is -0.409 e. The zero-order valence-electron chi connectivity index (χ0n) is 10.7. The summed E-state index contributed by atoms with van der Waals surface area (Å²) in [5.74, 6) is 0.307. The minimum absolute atomic E-state index is 0.222. The Morgan fingerprint density at radius 3 is 2.69 bits per heavy atom. The maximum Gasteiger partial charge on any atom is 0.144 e. The molecule has 0 heterocycles. The van der Waals surface area contributed by atoms with E-state index in [4.69, 9.17) is 10.9 Å². The van der Waals surface area contributed by atoms with Gasteiger partial charge < -0.3 is 16.3 Å². The number of nitrogens with one attached hydrogen (secondary N) is 1. The van der Waals surface area contributed by atoms with Gasteiger partial charge in [-0.15, -0.1) is 0 Å². The molecule has 0 unspecified atom stereocenters. The Hall–Kier alpha value is -1.03. The van der Waals surface area contributed by atoms with Gasteiger partial charge in [0.15, 0.2) is 0 Å². The molecule has 94 valence electrons. The molecule has 4 heteroatoms. The van der Waals surface area contributed by atoms with Crippen LogP contribution in [0.5, 0.6) is 0 Å². The van der Waals surface area contributed by atoms with Crippen LogP contribution in [0.2, 0.25) is 0 Å².